The van der Waals surface area contributed by atoms with Gasteiger partial charge in [-0.3, -0.25) is 9.69 Å². The second-order valence-corrected chi connectivity index (χ2v) is 6.79. The van der Waals surface area contributed by atoms with Crippen molar-refractivity contribution in [3.8, 4) is 0 Å². The summed E-state index contributed by atoms with van der Waals surface area (Å²) in [5.41, 5.74) is 2.90. The summed E-state index contributed by atoms with van der Waals surface area (Å²) in [4.78, 5) is 14.5. The Hall–Kier alpha value is -2.50. The Morgan fingerprint density at radius 1 is 1.22 bits per heavy atom. The van der Waals surface area contributed by atoms with Crippen LogP contribution in [0.15, 0.2) is 60.7 Å². The first kappa shape index (κ1) is 19.3. The van der Waals surface area contributed by atoms with E-state index in [1.807, 2.05) is 25.1 Å². The van der Waals surface area contributed by atoms with Gasteiger partial charge in [0.1, 0.15) is 5.82 Å². The highest BCUT2D eigenvalue weighted by Crippen LogP contribution is 2.14. The third-order valence-corrected chi connectivity index (χ3v) is 4.62. The molecule has 0 aromatic heterocycles. The smallest absolute Gasteiger partial charge is 0.244 e. The molecule has 1 amide bonds. The minimum atomic E-state index is -0.287. The maximum Gasteiger partial charge on any atom is 0.244 e. The molecule has 1 aliphatic rings. The maximum absolute atomic E-state index is 13.0. The van der Waals surface area contributed by atoms with Crippen molar-refractivity contribution < 1.29 is 13.9 Å². The van der Waals surface area contributed by atoms with Gasteiger partial charge in [0.15, 0.2) is 0 Å². The van der Waals surface area contributed by atoms with Crippen LogP contribution in [0.3, 0.4) is 0 Å². The number of hydrogen-bond donors (Lipinski definition) is 1. The van der Waals surface area contributed by atoms with Crippen molar-refractivity contribution in [2.45, 2.75) is 19.6 Å². The van der Waals surface area contributed by atoms with Gasteiger partial charge in [-0.2, -0.15) is 0 Å². The van der Waals surface area contributed by atoms with Crippen LogP contribution in [-0.2, 0) is 16.1 Å². The van der Waals surface area contributed by atoms with Crippen molar-refractivity contribution in [1.29, 1.82) is 0 Å². The number of amides is 1. The van der Waals surface area contributed by atoms with Gasteiger partial charge in [-0.25, -0.2) is 4.39 Å². The van der Waals surface area contributed by atoms with E-state index in [1.54, 1.807) is 12.1 Å². The van der Waals surface area contributed by atoms with Gasteiger partial charge in [0, 0.05) is 32.3 Å². The average molecular weight is 368 g/mol. The minimum Gasteiger partial charge on any atom is -0.374 e. The Balaban J connectivity index is 1.48. The number of carbonyl (C=O) groups is 1. The largest absolute Gasteiger partial charge is 0.374 e. The van der Waals surface area contributed by atoms with Gasteiger partial charge < -0.3 is 10.1 Å². The van der Waals surface area contributed by atoms with Crippen molar-refractivity contribution in [2.24, 2.45) is 0 Å². The summed E-state index contributed by atoms with van der Waals surface area (Å²) < 4.78 is 18.8. The van der Waals surface area contributed by atoms with Crippen LogP contribution in [0.5, 0.6) is 0 Å². The van der Waals surface area contributed by atoms with E-state index in [1.165, 1.54) is 23.8 Å². The van der Waals surface area contributed by atoms with Gasteiger partial charge in [0.2, 0.25) is 5.91 Å². The van der Waals surface area contributed by atoms with Crippen LogP contribution in [0, 0.1) is 5.82 Å². The summed E-state index contributed by atoms with van der Waals surface area (Å²) in [6, 6.07) is 16.5. The number of allylic oxidation sites excluding steroid dienone is 1. The van der Waals surface area contributed by atoms with E-state index in [4.69, 9.17) is 4.74 Å². The Morgan fingerprint density at radius 3 is 2.70 bits per heavy atom. The number of nitrogens with one attached hydrogen (secondary N) is 1. The number of morpholine rings is 1. The van der Waals surface area contributed by atoms with Crippen LogP contribution >= 0.6 is 0 Å². The zero-order valence-electron chi connectivity index (χ0n) is 15.5. The third-order valence-electron chi connectivity index (χ3n) is 4.62. The second kappa shape index (κ2) is 9.44. The van der Waals surface area contributed by atoms with Crippen LogP contribution in [0.25, 0.3) is 5.57 Å². The van der Waals surface area contributed by atoms with Gasteiger partial charge >= 0.3 is 0 Å². The first-order chi connectivity index (χ1) is 13.1. The number of halogens is 1. The van der Waals surface area contributed by atoms with E-state index in [9.17, 15) is 9.18 Å². The van der Waals surface area contributed by atoms with Crippen molar-refractivity contribution in [3.63, 3.8) is 0 Å². The maximum atomic E-state index is 13.0. The topological polar surface area (TPSA) is 41.6 Å². The molecule has 0 spiro atoms. The molecule has 1 atom stereocenters. The van der Waals surface area contributed by atoms with Gasteiger partial charge in [0.05, 0.1) is 12.7 Å². The van der Waals surface area contributed by atoms with Crippen molar-refractivity contribution in [3.05, 3.63) is 77.6 Å². The number of nitrogens with zero attached hydrogens (tertiary/aromatic N) is 1. The Kier molecular flexibility index (Phi) is 6.74. The van der Waals surface area contributed by atoms with Crippen LogP contribution in [0.4, 0.5) is 4.39 Å². The molecular weight excluding hydrogens is 343 g/mol. The van der Waals surface area contributed by atoms with Crippen LogP contribution in [0.1, 0.15) is 18.1 Å². The average Bonchev–Trinajstić information content (AvgIpc) is 2.68. The fraction of sp³-hybridized carbons (Fsp3) is 0.318. The van der Waals surface area contributed by atoms with Crippen LogP contribution in [0.2, 0.25) is 0 Å². The number of hydrogen-bond acceptors (Lipinski definition) is 3. The molecule has 1 unspecified atom stereocenters. The highest BCUT2D eigenvalue weighted by atomic mass is 19.1. The van der Waals surface area contributed by atoms with Gasteiger partial charge in [-0.05, 0) is 35.8 Å². The fourth-order valence-electron chi connectivity index (χ4n) is 3.15. The molecule has 27 heavy (non-hydrogen) atoms. The quantitative estimate of drug-likeness (QED) is 0.796. The standard InChI is InChI=1S/C22H25FN2O2/c1-17(19-7-9-20(23)10-8-19)13-22(26)24-14-21-16-25(11-12-27-21)15-18-5-3-2-4-6-18/h2-10,13,21H,11-12,14-16H2,1H3,(H,24,26)/b17-13-. The van der Waals surface area contributed by atoms with Crippen molar-refractivity contribution in [1.82, 2.24) is 10.2 Å². The van der Waals surface area contributed by atoms with Gasteiger partial charge in [-0.15, -0.1) is 0 Å². The highest BCUT2D eigenvalue weighted by molar-refractivity contribution is 5.94. The summed E-state index contributed by atoms with van der Waals surface area (Å²) in [7, 11) is 0. The predicted octanol–water partition coefficient (Wildman–Crippen LogP) is 3.25. The lowest BCUT2D eigenvalue weighted by molar-refractivity contribution is -0.117. The predicted molar refractivity (Wildman–Crippen MR) is 105 cm³/mol. The van der Waals surface area contributed by atoms with E-state index < -0.39 is 0 Å². The Morgan fingerprint density at radius 2 is 1.96 bits per heavy atom. The molecule has 142 valence electrons. The molecule has 4 nitrogen and oxygen atoms in total. The summed E-state index contributed by atoms with van der Waals surface area (Å²) >= 11 is 0. The molecule has 0 saturated carbocycles. The van der Waals surface area contributed by atoms with Gasteiger partial charge in [-0.1, -0.05) is 42.5 Å². The molecule has 1 N–H and O–H groups in total. The number of carbonyl (C=O) groups excluding carboxylic acids is 1. The molecule has 1 heterocycles. The van der Waals surface area contributed by atoms with E-state index >= 15 is 0 Å². The monoisotopic (exact) mass is 368 g/mol. The summed E-state index contributed by atoms with van der Waals surface area (Å²) in [5, 5.41) is 2.91. The van der Waals surface area contributed by atoms with Crippen LogP contribution < -0.4 is 5.32 Å². The molecule has 0 aliphatic carbocycles. The molecule has 3 rings (SSSR count). The normalized spacial score (nSPS) is 18.3. The molecule has 1 saturated heterocycles. The minimum absolute atomic E-state index is 0.0223. The highest BCUT2D eigenvalue weighted by Gasteiger charge is 2.20. The molecule has 2 aromatic rings. The van der Waals surface area contributed by atoms with Crippen molar-refractivity contribution >= 4 is 11.5 Å². The lowest BCUT2D eigenvalue weighted by Gasteiger charge is -2.33. The number of benzene rings is 2. The molecular formula is C22H25FN2O2. The first-order valence-corrected chi connectivity index (χ1v) is 9.20. The number of ether oxygens (including phenoxy) is 1. The molecule has 2 aromatic carbocycles. The van der Waals surface area contributed by atoms with Crippen LogP contribution in [-0.4, -0.2) is 43.2 Å². The summed E-state index contributed by atoms with van der Waals surface area (Å²) in [5.74, 6) is -0.453. The summed E-state index contributed by atoms with van der Waals surface area (Å²) in [6.07, 6.45) is 1.52. The Labute approximate surface area is 159 Å². The summed E-state index contributed by atoms with van der Waals surface area (Å²) in [6.45, 7) is 5.54. The van der Waals surface area contributed by atoms with E-state index in [0.717, 1.165) is 30.8 Å². The zero-order chi connectivity index (χ0) is 19.1. The van der Waals surface area contributed by atoms with Crippen molar-refractivity contribution in [2.75, 3.05) is 26.2 Å². The Bertz CT molecular complexity index is 775. The lowest BCUT2D eigenvalue weighted by Crippen LogP contribution is -2.47. The van der Waals surface area contributed by atoms with E-state index in [2.05, 4.69) is 22.3 Å². The van der Waals surface area contributed by atoms with Gasteiger partial charge in [0.25, 0.3) is 0 Å². The lowest BCUT2D eigenvalue weighted by atomic mass is 10.1. The number of rotatable bonds is 6. The molecule has 0 bridgehead atoms. The second-order valence-electron chi connectivity index (χ2n) is 6.79. The SMILES string of the molecule is C/C(=C/C(=O)NCC1CN(Cc2ccccc2)CCO1)c1ccc(F)cc1. The molecule has 1 aliphatic heterocycles. The first-order valence-electron chi connectivity index (χ1n) is 9.20. The third kappa shape index (κ3) is 6.01. The molecule has 5 heteroatoms. The zero-order valence-corrected chi connectivity index (χ0v) is 15.5. The molecule has 0 radical (unpaired) electrons. The van der Waals surface area contributed by atoms with E-state index in [0.29, 0.717) is 13.2 Å². The fourth-order valence-corrected chi connectivity index (χ4v) is 3.15. The van der Waals surface area contributed by atoms with E-state index in [-0.39, 0.29) is 17.8 Å². The molecule has 1 fully saturated rings.